The number of rotatable bonds is 3. The van der Waals surface area contributed by atoms with Gasteiger partial charge in [0.1, 0.15) is 0 Å². The van der Waals surface area contributed by atoms with E-state index >= 15 is 0 Å². The Labute approximate surface area is 164 Å². The van der Waals surface area contributed by atoms with Crippen LogP contribution in [0.25, 0.3) is 0 Å². The molecule has 0 aliphatic carbocycles. The number of benzene rings is 3. The van der Waals surface area contributed by atoms with Crippen LogP contribution in [0.3, 0.4) is 0 Å². The van der Waals surface area contributed by atoms with Crippen molar-refractivity contribution in [3.8, 4) is 0 Å². The number of hydrogen-bond acceptors (Lipinski definition) is 1. The molecule has 0 saturated carbocycles. The molecular formula is C21H20NY+2. The molecule has 1 nitrogen and oxygen atoms in total. The molecule has 0 aliphatic rings. The van der Waals surface area contributed by atoms with Crippen molar-refractivity contribution in [1.29, 1.82) is 0 Å². The minimum absolute atomic E-state index is 0. The molecule has 0 amide bonds. The summed E-state index contributed by atoms with van der Waals surface area (Å²) in [6.07, 6.45) is 0. The number of aryl methyl sites for hydroxylation is 3. The first-order valence-corrected chi connectivity index (χ1v) is 7.55. The summed E-state index contributed by atoms with van der Waals surface area (Å²) in [5.41, 5.74) is 7.20. The molecule has 3 aromatic carbocycles. The van der Waals surface area contributed by atoms with Gasteiger partial charge in [0.05, 0.1) is 0 Å². The first-order valence-electron chi connectivity index (χ1n) is 7.55. The van der Waals surface area contributed by atoms with E-state index in [2.05, 4.69) is 86.3 Å². The SMILES string of the molecule is Cc1ccc(N(c2ccc(C)cc2)c2c[c-]cc(C)c2)cc1.[Y+3]. The van der Waals surface area contributed by atoms with E-state index in [0.717, 1.165) is 17.1 Å². The van der Waals surface area contributed by atoms with Crippen LogP contribution in [0.2, 0.25) is 0 Å². The van der Waals surface area contributed by atoms with E-state index in [9.17, 15) is 0 Å². The molecule has 0 N–H and O–H groups in total. The van der Waals surface area contributed by atoms with Crippen LogP contribution >= 0.6 is 0 Å². The van der Waals surface area contributed by atoms with Crippen molar-refractivity contribution in [2.75, 3.05) is 4.90 Å². The molecule has 110 valence electrons. The number of anilines is 3. The fourth-order valence-corrected chi connectivity index (χ4v) is 2.54. The van der Waals surface area contributed by atoms with Gasteiger partial charge in [0.2, 0.25) is 0 Å². The third-order valence-corrected chi connectivity index (χ3v) is 3.76. The Morgan fingerprint density at radius 2 is 1.09 bits per heavy atom. The molecule has 3 aromatic rings. The molecular weight excluding hydrogens is 355 g/mol. The van der Waals surface area contributed by atoms with Gasteiger partial charge in [-0.15, -0.1) is 6.07 Å². The summed E-state index contributed by atoms with van der Waals surface area (Å²) in [5, 5.41) is 0. The standard InChI is InChI=1S/C21H20N.Y/c1-16-7-11-19(12-8-16)22(20-13-9-17(2)10-14-20)21-6-4-5-18(3)15-21;/h5-15H,1-3H3;/q-1;+3. The van der Waals surface area contributed by atoms with Crippen molar-refractivity contribution in [1.82, 2.24) is 0 Å². The predicted molar refractivity (Wildman–Crippen MR) is 94.2 cm³/mol. The van der Waals surface area contributed by atoms with Crippen LogP contribution in [-0.2, 0) is 32.7 Å². The van der Waals surface area contributed by atoms with Gasteiger partial charge in [-0.05, 0) is 38.1 Å². The number of nitrogens with zero attached hydrogens (tertiary/aromatic N) is 1. The maximum absolute atomic E-state index is 3.23. The van der Waals surface area contributed by atoms with Gasteiger partial charge in [-0.2, -0.15) is 23.8 Å². The normalized spacial score (nSPS) is 10.0. The van der Waals surface area contributed by atoms with Crippen molar-refractivity contribution < 1.29 is 32.7 Å². The fourth-order valence-electron chi connectivity index (χ4n) is 2.54. The Bertz CT molecular complexity index is 715. The molecule has 0 spiro atoms. The van der Waals surface area contributed by atoms with E-state index in [1.807, 2.05) is 12.1 Å². The summed E-state index contributed by atoms with van der Waals surface area (Å²) < 4.78 is 0. The second-order valence-electron chi connectivity index (χ2n) is 5.78. The minimum atomic E-state index is 0. The summed E-state index contributed by atoms with van der Waals surface area (Å²) >= 11 is 0. The summed E-state index contributed by atoms with van der Waals surface area (Å²) in [6, 6.07) is 26.7. The van der Waals surface area contributed by atoms with Gasteiger partial charge >= 0.3 is 32.7 Å². The number of hydrogen-bond donors (Lipinski definition) is 0. The Morgan fingerprint density at radius 1 is 0.609 bits per heavy atom. The third-order valence-electron chi connectivity index (χ3n) is 3.76. The summed E-state index contributed by atoms with van der Waals surface area (Å²) in [4.78, 5) is 2.27. The molecule has 0 bridgehead atoms. The van der Waals surface area contributed by atoms with Crippen molar-refractivity contribution in [2.24, 2.45) is 0 Å². The topological polar surface area (TPSA) is 3.24 Å². The molecule has 0 aromatic heterocycles. The molecule has 0 heterocycles. The van der Waals surface area contributed by atoms with Gasteiger partial charge in [-0.25, -0.2) is 0 Å². The zero-order valence-electron chi connectivity index (χ0n) is 13.9. The molecule has 0 unspecified atom stereocenters. The van der Waals surface area contributed by atoms with Crippen LogP contribution in [-0.4, -0.2) is 0 Å². The van der Waals surface area contributed by atoms with Crippen molar-refractivity contribution in [3.63, 3.8) is 0 Å². The van der Waals surface area contributed by atoms with Gasteiger partial charge in [0.15, 0.2) is 0 Å². The zero-order valence-corrected chi connectivity index (χ0v) is 16.7. The van der Waals surface area contributed by atoms with Crippen LogP contribution in [0.5, 0.6) is 0 Å². The Hall–Kier alpha value is -1.44. The zero-order chi connectivity index (χ0) is 15.5. The monoisotopic (exact) mass is 375 g/mol. The van der Waals surface area contributed by atoms with E-state index in [0.29, 0.717) is 0 Å². The molecule has 0 atom stereocenters. The van der Waals surface area contributed by atoms with Crippen molar-refractivity contribution in [2.45, 2.75) is 20.8 Å². The second-order valence-corrected chi connectivity index (χ2v) is 5.78. The molecule has 23 heavy (non-hydrogen) atoms. The Kier molecular flexibility index (Phi) is 6.15. The van der Waals surface area contributed by atoms with Crippen LogP contribution in [0.15, 0.2) is 66.7 Å². The van der Waals surface area contributed by atoms with Crippen LogP contribution < -0.4 is 4.90 Å². The maximum Gasteiger partial charge on any atom is 3.00 e. The van der Waals surface area contributed by atoms with Gasteiger partial charge in [-0.3, -0.25) is 0 Å². The summed E-state index contributed by atoms with van der Waals surface area (Å²) in [5.74, 6) is 0. The first kappa shape index (κ1) is 17.9. The van der Waals surface area contributed by atoms with Crippen LogP contribution in [0.1, 0.15) is 16.7 Å². The molecule has 0 aliphatic heterocycles. The van der Waals surface area contributed by atoms with E-state index in [1.54, 1.807) is 0 Å². The Balaban J connectivity index is 0.00000192. The maximum atomic E-state index is 3.23. The minimum Gasteiger partial charge on any atom is -0.365 e. The quantitative estimate of drug-likeness (QED) is 0.517. The molecule has 3 rings (SSSR count). The molecule has 0 radical (unpaired) electrons. The van der Waals surface area contributed by atoms with Crippen LogP contribution in [0.4, 0.5) is 17.1 Å². The third kappa shape index (κ3) is 4.31. The molecule has 0 fully saturated rings. The van der Waals surface area contributed by atoms with Gasteiger partial charge < -0.3 is 4.90 Å². The van der Waals surface area contributed by atoms with Crippen molar-refractivity contribution in [3.05, 3.63) is 89.5 Å². The van der Waals surface area contributed by atoms with E-state index in [1.165, 1.54) is 16.7 Å². The van der Waals surface area contributed by atoms with E-state index < -0.39 is 0 Å². The summed E-state index contributed by atoms with van der Waals surface area (Å²) in [6.45, 7) is 6.32. The van der Waals surface area contributed by atoms with E-state index in [4.69, 9.17) is 0 Å². The predicted octanol–water partition coefficient (Wildman–Crippen LogP) is 5.88. The molecule has 2 heteroatoms. The average Bonchev–Trinajstić information content (AvgIpc) is 2.51. The first-order chi connectivity index (χ1) is 10.6. The fraction of sp³-hybridized carbons (Fsp3) is 0.143. The molecule has 0 saturated heterocycles. The average molecular weight is 375 g/mol. The van der Waals surface area contributed by atoms with Crippen molar-refractivity contribution >= 4 is 17.1 Å². The second kappa shape index (κ2) is 7.90. The van der Waals surface area contributed by atoms with E-state index in [-0.39, 0.29) is 32.7 Å². The largest absolute Gasteiger partial charge is 3.00 e. The Morgan fingerprint density at radius 3 is 1.52 bits per heavy atom. The van der Waals surface area contributed by atoms with Crippen LogP contribution in [0, 0.1) is 26.8 Å². The van der Waals surface area contributed by atoms with Gasteiger partial charge in [-0.1, -0.05) is 48.0 Å². The van der Waals surface area contributed by atoms with Gasteiger partial charge in [0.25, 0.3) is 0 Å². The smallest absolute Gasteiger partial charge is 0.365 e. The van der Waals surface area contributed by atoms with Gasteiger partial charge in [0, 0.05) is 11.4 Å². The summed E-state index contributed by atoms with van der Waals surface area (Å²) in [7, 11) is 0.